The first kappa shape index (κ1) is 20.6. The van der Waals surface area contributed by atoms with Gasteiger partial charge in [0.05, 0.1) is 10.9 Å². The third-order valence-electron chi connectivity index (χ3n) is 4.61. The monoisotopic (exact) mass is 409 g/mol. The number of halogens is 3. The SMILES string of the molecule is CC(Sc1nc(-c2ccccc2)cc(C(F)(F)F)n1)C(=O)N1CCCCCC1. The highest BCUT2D eigenvalue weighted by molar-refractivity contribution is 8.00. The van der Waals surface area contributed by atoms with Gasteiger partial charge in [-0.3, -0.25) is 4.79 Å². The van der Waals surface area contributed by atoms with Crippen molar-refractivity contribution < 1.29 is 18.0 Å². The molecule has 4 nitrogen and oxygen atoms in total. The number of nitrogens with zero attached hydrogens (tertiary/aromatic N) is 3. The molecular weight excluding hydrogens is 387 g/mol. The van der Waals surface area contributed by atoms with Crippen molar-refractivity contribution in [3.63, 3.8) is 0 Å². The molecular formula is C20H22F3N3OS. The molecule has 1 saturated heterocycles. The van der Waals surface area contributed by atoms with Crippen molar-refractivity contribution in [2.45, 2.75) is 49.2 Å². The molecule has 1 aliphatic rings. The molecule has 1 amide bonds. The molecule has 1 aliphatic heterocycles. The van der Waals surface area contributed by atoms with Crippen LogP contribution in [0.4, 0.5) is 13.2 Å². The van der Waals surface area contributed by atoms with Crippen LogP contribution in [0.2, 0.25) is 0 Å². The highest BCUT2D eigenvalue weighted by Crippen LogP contribution is 2.33. The van der Waals surface area contributed by atoms with Gasteiger partial charge in [-0.25, -0.2) is 9.97 Å². The Balaban J connectivity index is 1.85. The van der Waals surface area contributed by atoms with E-state index < -0.39 is 17.1 Å². The van der Waals surface area contributed by atoms with Crippen LogP contribution in [-0.2, 0) is 11.0 Å². The number of alkyl halides is 3. The molecule has 1 atom stereocenters. The Morgan fingerprint density at radius 2 is 1.71 bits per heavy atom. The number of amides is 1. The number of aromatic nitrogens is 2. The molecule has 0 bridgehead atoms. The van der Waals surface area contributed by atoms with Crippen LogP contribution < -0.4 is 0 Å². The Morgan fingerprint density at radius 3 is 2.32 bits per heavy atom. The van der Waals surface area contributed by atoms with Gasteiger partial charge >= 0.3 is 6.18 Å². The van der Waals surface area contributed by atoms with Crippen molar-refractivity contribution in [2.75, 3.05) is 13.1 Å². The molecule has 2 aromatic rings. The first-order valence-corrected chi connectivity index (χ1v) is 10.2. The average molecular weight is 409 g/mol. The molecule has 2 heterocycles. The van der Waals surface area contributed by atoms with Gasteiger partial charge in [0.1, 0.15) is 5.69 Å². The highest BCUT2D eigenvalue weighted by Gasteiger charge is 2.34. The molecule has 8 heteroatoms. The summed E-state index contributed by atoms with van der Waals surface area (Å²) in [7, 11) is 0. The Kier molecular flexibility index (Phi) is 6.59. The van der Waals surface area contributed by atoms with Gasteiger partial charge in [-0.1, -0.05) is 54.9 Å². The smallest absolute Gasteiger partial charge is 0.342 e. The molecule has 1 unspecified atom stereocenters. The fraction of sp³-hybridized carbons (Fsp3) is 0.450. The van der Waals surface area contributed by atoms with Gasteiger partial charge in [0.2, 0.25) is 5.91 Å². The van der Waals surface area contributed by atoms with E-state index in [-0.39, 0.29) is 16.8 Å². The fourth-order valence-electron chi connectivity index (χ4n) is 3.14. The van der Waals surface area contributed by atoms with Crippen molar-refractivity contribution >= 4 is 17.7 Å². The van der Waals surface area contributed by atoms with E-state index in [0.717, 1.165) is 43.5 Å². The Labute approximate surface area is 166 Å². The van der Waals surface area contributed by atoms with Gasteiger partial charge in [-0.15, -0.1) is 0 Å². The van der Waals surface area contributed by atoms with Crippen molar-refractivity contribution in [1.29, 1.82) is 0 Å². The van der Waals surface area contributed by atoms with Crippen molar-refractivity contribution in [3.8, 4) is 11.3 Å². The second-order valence-corrected chi connectivity index (χ2v) is 8.09. The first-order chi connectivity index (χ1) is 13.3. The van der Waals surface area contributed by atoms with E-state index in [0.29, 0.717) is 18.7 Å². The predicted octanol–water partition coefficient (Wildman–Crippen LogP) is 5.05. The lowest BCUT2D eigenvalue weighted by Crippen LogP contribution is -2.37. The number of rotatable bonds is 4. The van der Waals surface area contributed by atoms with Crippen molar-refractivity contribution in [2.24, 2.45) is 0 Å². The molecule has 0 N–H and O–H groups in total. The van der Waals surface area contributed by atoms with Crippen LogP contribution >= 0.6 is 11.8 Å². The summed E-state index contributed by atoms with van der Waals surface area (Å²) in [6.45, 7) is 3.09. The molecule has 3 rings (SSSR count). The highest BCUT2D eigenvalue weighted by atomic mass is 32.2. The third kappa shape index (κ3) is 5.25. The van der Waals surface area contributed by atoms with E-state index in [1.165, 1.54) is 0 Å². The Morgan fingerprint density at radius 1 is 1.07 bits per heavy atom. The van der Waals surface area contributed by atoms with E-state index >= 15 is 0 Å². The quantitative estimate of drug-likeness (QED) is 0.524. The van der Waals surface area contributed by atoms with Crippen molar-refractivity contribution in [1.82, 2.24) is 14.9 Å². The number of hydrogen-bond acceptors (Lipinski definition) is 4. The number of likely N-dealkylation sites (tertiary alicyclic amines) is 1. The average Bonchev–Trinajstić information content (AvgIpc) is 2.96. The predicted molar refractivity (Wildman–Crippen MR) is 103 cm³/mol. The van der Waals surface area contributed by atoms with E-state index in [1.807, 2.05) is 0 Å². The molecule has 1 fully saturated rings. The van der Waals surface area contributed by atoms with Gasteiger partial charge < -0.3 is 4.90 Å². The van der Waals surface area contributed by atoms with Gasteiger partial charge in [-0.05, 0) is 25.8 Å². The lowest BCUT2D eigenvalue weighted by molar-refractivity contribution is -0.141. The molecule has 28 heavy (non-hydrogen) atoms. The van der Waals surface area contributed by atoms with Crippen LogP contribution in [0.5, 0.6) is 0 Å². The minimum absolute atomic E-state index is 0.0376. The van der Waals surface area contributed by atoms with Gasteiger partial charge in [-0.2, -0.15) is 13.2 Å². The van der Waals surface area contributed by atoms with Gasteiger partial charge in [0.25, 0.3) is 0 Å². The molecule has 1 aromatic carbocycles. The summed E-state index contributed by atoms with van der Waals surface area (Å²) in [6.07, 6.45) is -0.465. The molecule has 150 valence electrons. The normalized spacial score (nSPS) is 16.5. The molecule has 0 aliphatic carbocycles. The van der Waals surface area contributed by atoms with E-state index in [1.54, 1.807) is 42.2 Å². The summed E-state index contributed by atoms with van der Waals surface area (Å²) in [5, 5.41) is -0.588. The lowest BCUT2D eigenvalue weighted by atomic mass is 10.1. The zero-order valence-electron chi connectivity index (χ0n) is 15.6. The number of hydrogen-bond donors (Lipinski definition) is 0. The summed E-state index contributed by atoms with van der Waals surface area (Å²) in [5.41, 5.74) is -0.234. The van der Waals surface area contributed by atoms with E-state index in [4.69, 9.17) is 0 Å². The summed E-state index contributed by atoms with van der Waals surface area (Å²) in [5.74, 6) is -0.0748. The zero-order valence-corrected chi connectivity index (χ0v) is 16.4. The second-order valence-electron chi connectivity index (χ2n) is 6.78. The lowest BCUT2D eigenvalue weighted by Gasteiger charge is -2.23. The van der Waals surface area contributed by atoms with E-state index in [9.17, 15) is 18.0 Å². The van der Waals surface area contributed by atoms with Gasteiger partial charge in [0, 0.05) is 18.7 Å². The maximum absolute atomic E-state index is 13.3. The van der Waals surface area contributed by atoms with Crippen LogP contribution in [0.3, 0.4) is 0 Å². The molecule has 1 aromatic heterocycles. The fourth-order valence-corrected chi connectivity index (χ4v) is 4.00. The number of benzene rings is 1. The number of carbonyl (C=O) groups excluding carboxylic acids is 1. The topological polar surface area (TPSA) is 46.1 Å². The van der Waals surface area contributed by atoms with Crippen molar-refractivity contribution in [3.05, 3.63) is 42.1 Å². The zero-order chi connectivity index (χ0) is 20.1. The summed E-state index contributed by atoms with van der Waals surface area (Å²) in [6, 6.07) is 9.60. The third-order valence-corrected chi connectivity index (χ3v) is 5.56. The van der Waals surface area contributed by atoms with Crippen LogP contribution in [0.1, 0.15) is 38.3 Å². The van der Waals surface area contributed by atoms with Crippen LogP contribution in [0.15, 0.2) is 41.6 Å². The maximum atomic E-state index is 13.3. The molecule has 0 spiro atoms. The Hall–Kier alpha value is -2.09. The first-order valence-electron chi connectivity index (χ1n) is 9.32. The number of thioether (sulfide) groups is 1. The minimum atomic E-state index is -4.58. The van der Waals surface area contributed by atoms with E-state index in [2.05, 4.69) is 9.97 Å². The van der Waals surface area contributed by atoms with Crippen LogP contribution in [0.25, 0.3) is 11.3 Å². The summed E-state index contributed by atoms with van der Waals surface area (Å²) in [4.78, 5) is 22.5. The largest absolute Gasteiger partial charge is 0.433 e. The number of carbonyl (C=O) groups is 1. The Bertz CT molecular complexity index is 806. The van der Waals surface area contributed by atoms with Crippen LogP contribution in [-0.4, -0.2) is 39.1 Å². The van der Waals surface area contributed by atoms with Crippen LogP contribution in [0, 0.1) is 0 Å². The standard InChI is InChI=1S/C20H22F3N3OS/c1-14(18(27)26-11-7-2-3-8-12-26)28-19-24-16(15-9-5-4-6-10-15)13-17(25-19)20(21,22)23/h4-6,9-10,13-14H,2-3,7-8,11-12H2,1H3. The minimum Gasteiger partial charge on any atom is -0.342 e. The van der Waals surface area contributed by atoms with Gasteiger partial charge in [0.15, 0.2) is 5.16 Å². The maximum Gasteiger partial charge on any atom is 0.433 e. The second kappa shape index (κ2) is 8.94. The summed E-state index contributed by atoms with van der Waals surface area (Å²) >= 11 is 0.978. The molecule has 0 radical (unpaired) electrons. The molecule has 0 saturated carbocycles. The summed E-state index contributed by atoms with van der Waals surface area (Å²) < 4.78 is 40.0.